The van der Waals surface area contributed by atoms with E-state index in [0.717, 1.165) is 22.5 Å². The van der Waals surface area contributed by atoms with Crippen LogP contribution in [0.15, 0.2) is 34.1 Å². The van der Waals surface area contributed by atoms with Gasteiger partial charge in [0.2, 0.25) is 0 Å². The van der Waals surface area contributed by atoms with Gasteiger partial charge in [-0.15, -0.1) is 11.3 Å². The van der Waals surface area contributed by atoms with Crippen molar-refractivity contribution < 1.29 is 4.74 Å². The number of thiophene rings is 1. The van der Waals surface area contributed by atoms with E-state index in [9.17, 15) is 0 Å². The summed E-state index contributed by atoms with van der Waals surface area (Å²) in [6, 6.07) is 7.72. The van der Waals surface area contributed by atoms with Crippen LogP contribution in [0.1, 0.15) is 4.88 Å². The summed E-state index contributed by atoms with van der Waals surface area (Å²) in [5.41, 5.74) is 7.44. The van der Waals surface area contributed by atoms with Crippen molar-refractivity contribution in [2.75, 3.05) is 18.2 Å². The zero-order chi connectivity index (χ0) is 12.3. The van der Waals surface area contributed by atoms with Crippen molar-refractivity contribution in [1.29, 1.82) is 0 Å². The zero-order valence-electron chi connectivity index (χ0n) is 9.37. The van der Waals surface area contributed by atoms with Crippen LogP contribution >= 0.6 is 27.3 Å². The Morgan fingerprint density at radius 1 is 1.35 bits per heavy atom. The number of hydrogen-bond acceptors (Lipinski definition) is 4. The molecule has 0 unspecified atom stereocenters. The summed E-state index contributed by atoms with van der Waals surface area (Å²) in [7, 11) is 1.63. The van der Waals surface area contributed by atoms with Crippen molar-refractivity contribution in [1.82, 2.24) is 0 Å². The van der Waals surface area contributed by atoms with Crippen LogP contribution in [-0.2, 0) is 6.54 Å². The monoisotopic (exact) mass is 312 g/mol. The first-order valence-electron chi connectivity index (χ1n) is 5.09. The lowest BCUT2D eigenvalue weighted by Crippen LogP contribution is -1.99. The van der Waals surface area contributed by atoms with Gasteiger partial charge in [0, 0.05) is 44.8 Å². The van der Waals surface area contributed by atoms with Gasteiger partial charge in [0.25, 0.3) is 0 Å². The Labute approximate surface area is 113 Å². The number of rotatable bonds is 4. The molecule has 0 saturated carbocycles. The van der Waals surface area contributed by atoms with Gasteiger partial charge in [-0.1, -0.05) is 0 Å². The Balaban J connectivity index is 2.05. The smallest absolute Gasteiger partial charge is 0.122 e. The normalized spacial score (nSPS) is 10.2. The zero-order valence-corrected chi connectivity index (χ0v) is 11.8. The number of anilines is 2. The maximum Gasteiger partial charge on any atom is 0.122 e. The molecule has 1 heterocycles. The van der Waals surface area contributed by atoms with Crippen molar-refractivity contribution in [3.63, 3.8) is 0 Å². The van der Waals surface area contributed by atoms with E-state index >= 15 is 0 Å². The van der Waals surface area contributed by atoms with E-state index in [-0.39, 0.29) is 0 Å². The van der Waals surface area contributed by atoms with Crippen molar-refractivity contribution >= 4 is 38.6 Å². The highest BCUT2D eigenvalue weighted by atomic mass is 79.9. The molecule has 0 spiro atoms. The molecule has 2 aromatic rings. The molecule has 17 heavy (non-hydrogen) atoms. The molecule has 3 N–H and O–H groups in total. The van der Waals surface area contributed by atoms with Crippen LogP contribution in [0.25, 0.3) is 0 Å². The lowest BCUT2D eigenvalue weighted by atomic mass is 10.2. The first kappa shape index (κ1) is 12.3. The summed E-state index contributed by atoms with van der Waals surface area (Å²) in [6.07, 6.45) is 0. The Kier molecular flexibility index (Phi) is 3.91. The molecule has 0 atom stereocenters. The number of nitrogens with one attached hydrogen (secondary N) is 1. The Bertz CT molecular complexity index is 513. The highest BCUT2D eigenvalue weighted by molar-refractivity contribution is 9.10. The number of methoxy groups -OCH3 is 1. The molecule has 0 amide bonds. The van der Waals surface area contributed by atoms with Gasteiger partial charge in [-0.3, -0.25) is 0 Å². The van der Waals surface area contributed by atoms with Gasteiger partial charge >= 0.3 is 0 Å². The van der Waals surface area contributed by atoms with Crippen molar-refractivity contribution in [2.45, 2.75) is 6.54 Å². The van der Waals surface area contributed by atoms with Crippen LogP contribution < -0.4 is 15.8 Å². The average Bonchev–Trinajstić information content (AvgIpc) is 2.72. The minimum Gasteiger partial charge on any atom is -0.497 e. The molecule has 3 nitrogen and oxygen atoms in total. The minimum absolute atomic E-state index is 0.694. The van der Waals surface area contributed by atoms with Gasteiger partial charge < -0.3 is 15.8 Å². The molecule has 0 radical (unpaired) electrons. The van der Waals surface area contributed by atoms with Gasteiger partial charge in [-0.05, 0) is 28.1 Å². The SMILES string of the molecule is COc1cc(N)cc(NCc2cc(Br)cs2)c1. The second-order valence-corrected chi connectivity index (χ2v) is 5.49. The molecule has 0 saturated heterocycles. The molecule has 2 rings (SSSR count). The van der Waals surface area contributed by atoms with Crippen molar-refractivity contribution in [2.24, 2.45) is 0 Å². The maximum absolute atomic E-state index is 5.78. The number of halogens is 1. The lowest BCUT2D eigenvalue weighted by molar-refractivity contribution is 0.415. The summed E-state index contributed by atoms with van der Waals surface area (Å²) >= 11 is 5.15. The largest absolute Gasteiger partial charge is 0.497 e. The highest BCUT2D eigenvalue weighted by Gasteiger charge is 2.01. The molecule has 0 fully saturated rings. The predicted octanol–water partition coefficient (Wildman–Crippen LogP) is 3.71. The molecular weight excluding hydrogens is 300 g/mol. The fourth-order valence-corrected chi connectivity index (χ4v) is 2.87. The highest BCUT2D eigenvalue weighted by Crippen LogP contribution is 2.24. The molecular formula is C12H13BrN2OS. The summed E-state index contributed by atoms with van der Waals surface area (Å²) in [4.78, 5) is 1.26. The maximum atomic E-state index is 5.78. The average molecular weight is 313 g/mol. The summed E-state index contributed by atoms with van der Waals surface area (Å²) < 4.78 is 6.28. The van der Waals surface area contributed by atoms with Crippen molar-refractivity contribution in [3.8, 4) is 5.75 Å². The van der Waals surface area contributed by atoms with Gasteiger partial charge in [-0.25, -0.2) is 0 Å². The van der Waals surface area contributed by atoms with E-state index in [1.54, 1.807) is 24.5 Å². The van der Waals surface area contributed by atoms with Crippen LogP contribution in [0.3, 0.4) is 0 Å². The van der Waals surface area contributed by atoms with E-state index < -0.39 is 0 Å². The number of nitrogen functional groups attached to an aromatic ring is 1. The van der Waals surface area contributed by atoms with Gasteiger partial charge in [0.1, 0.15) is 5.75 Å². The van der Waals surface area contributed by atoms with Gasteiger partial charge in [-0.2, -0.15) is 0 Å². The molecule has 0 aliphatic rings. The van der Waals surface area contributed by atoms with E-state index in [2.05, 4.69) is 32.7 Å². The lowest BCUT2D eigenvalue weighted by Gasteiger charge is -2.08. The molecule has 1 aromatic carbocycles. The third-order valence-electron chi connectivity index (χ3n) is 2.25. The Hall–Kier alpha value is -1.20. The summed E-state index contributed by atoms with van der Waals surface area (Å²) in [5, 5.41) is 5.39. The number of benzene rings is 1. The summed E-state index contributed by atoms with van der Waals surface area (Å²) in [6.45, 7) is 0.781. The van der Waals surface area contributed by atoms with Crippen molar-refractivity contribution in [3.05, 3.63) is 39.0 Å². The quantitative estimate of drug-likeness (QED) is 0.846. The predicted molar refractivity (Wildman–Crippen MR) is 76.8 cm³/mol. The van der Waals surface area contributed by atoms with Crippen LogP contribution in [0, 0.1) is 0 Å². The molecule has 0 aliphatic heterocycles. The fourth-order valence-electron chi connectivity index (χ4n) is 1.48. The number of nitrogens with two attached hydrogens (primary N) is 1. The van der Waals surface area contributed by atoms with Crippen LogP contribution in [0.5, 0.6) is 5.75 Å². The first-order valence-corrected chi connectivity index (χ1v) is 6.76. The van der Waals surface area contributed by atoms with Crippen LogP contribution in [0.2, 0.25) is 0 Å². The van der Waals surface area contributed by atoms with Gasteiger partial charge in [0.15, 0.2) is 0 Å². The molecule has 5 heteroatoms. The van der Waals surface area contributed by atoms with E-state index in [1.165, 1.54) is 4.88 Å². The fraction of sp³-hybridized carbons (Fsp3) is 0.167. The first-order chi connectivity index (χ1) is 8.17. The van der Waals surface area contributed by atoms with Gasteiger partial charge in [0.05, 0.1) is 7.11 Å². The second-order valence-electron chi connectivity index (χ2n) is 3.58. The second kappa shape index (κ2) is 5.42. The third kappa shape index (κ3) is 3.38. The van der Waals surface area contributed by atoms with E-state index in [0.29, 0.717) is 5.69 Å². The standard InChI is InChI=1S/C12H13BrN2OS/c1-16-11-4-9(14)3-10(5-11)15-6-12-2-8(13)7-17-12/h2-5,7,15H,6,14H2,1H3. The summed E-state index contributed by atoms with van der Waals surface area (Å²) in [5.74, 6) is 0.764. The number of ether oxygens (including phenoxy) is 1. The molecule has 1 aromatic heterocycles. The topological polar surface area (TPSA) is 47.3 Å². The van der Waals surface area contributed by atoms with E-state index in [1.807, 2.05) is 12.1 Å². The minimum atomic E-state index is 0.694. The number of hydrogen-bond donors (Lipinski definition) is 2. The van der Waals surface area contributed by atoms with E-state index in [4.69, 9.17) is 10.5 Å². The molecule has 90 valence electrons. The Morgan fingerprint density at radius 2 is 2.18 bits per heavy atom. The molecule has 0 aliphatic carbocycles. The Morgan fingerprint density at radius 3 is 2.82 bits per heavy atom. The van der Waals surface area contributed by atoms with Crippen LogP contribution in [-0.4, -0.2) is 7.11 Å². The molecule has 0 bridgehead atoms. The van der Waals surface area contributed by atoms with Crippen LogP contribution in [0.4, 0.5) is 11.4 Å². The third-order valence-corrected chi connectivity index (χ3v) is 3.95.